The monoisotopic (exact) mass is 287 g/mol. The predicted molar refractivity (Wildman–Crippen MR) is 80.0 cm³/mol. The number of amides is 1. The summed E-state index contributed by atoms with van der Waals surface area (Å²) in [5.41, 5.74) is 0.912. The van der Waals surface area contributed by atoms with Gasteiger partial charge in [-0.1, -0.05) is 0 Å². The van der Waals surface area contributed by atoms with Gasteiger partial charge in [-0.2, -0.15) is 0 Å². The largest absolute Gasteiger partial charge is 0.347 e. The number of thiophene rings is 1. The van der Waals surface area contributed by atoms with Gasteiger partial charge in [-0.3, -0.25) is 9.78 Å². The number of fused-ring (bicyclic) bond motifs is 3. The third-order valence-corrected chi connectivity index (χ3v) is 5.40. The number of hydrogen-bond donors (Lipinski definition) is 1. The molecular weight excluding hydrogens is 270 g/mol. The van der Waals surface area contributed by atoms with Crippen molar-refractivity contribution < 1.29 is 4.79 Å². The molecule has 4 heterocycles. The minimum absolute atomic E-state index is 0.0560. The van der Waals surface area contributed by atoms with Crippen LogP contribution in [0.4, 0.5) is 0 Å². The Kier molecular flexibility index (Phi) is 2.97. The maximum absolute atomic E-state index is 12.4. The van der Waals surface area contributed by atoms with E-state index in [0.717, 1.165) is 34.0 Å². The summed E-state index contributed by atoms with van der Waals surface area (Å²) in [6.07, 6.45) is 4.19. The fraction of sp³-hybridized carbons (Fsp3) is 0.467. The smallest absolute Gasteiger partial charge is 0.261 e. The van der Waals surface area contributed by atoms with Gasteiger partial charge in [0.05, 0.1) is 15.1 Å². The van der Waals surface area contributed by atoms with E-state index < -0.39 is 0 Å². The summed E-state index contributed by atoms with van der Waals surface area (Å²) < 4.78 is 1.07. The lowest BCUT2D eigenvalue weighted by Gasteiger charge is -2.30. The number of pyridine rings is 1. The first-order chi connectivity index (χ1) is 9.78. The van der Waals surface area contributed by atoms with E-state index in [1.54, 1.807) is 6.20 Å². The predicted octanol–water partition coefficient (Wildman–Crippen LogP) is 2.12. The Bertz CT molecular complexity index is 608. The number of piperidine rings is 1. The Morgan fingerprint density at radius 1 is 1.45 bits per heavy atom. The Labute approximate surface area is 121 Å². The molecule has 4 rings (SSSR count). The topological polar surface area (TPSA) is 45.2 Å². The van der Waals surface area contributed by atoms with Gasteiger partial charge in [-0.15, -0.1) is 11.3 Å². The van der Waals surface area contributed by atoms with Crippen LogP contribution in [-0.4, -0.2) is 41.5 Å². The standard InChI is InChI=1S/C15H17N3OS/c19-15(14-7-12-13(20-14)2-1-4-16-12)17-11-6-10-3-5-18(8-10)9-11/h1-2,4,7,10-11H,3,5-6,8-9H2,(H,17,19)/t10-,11+/m0/s1. The van der Waals surface area contributed by atoms with Crippen molar-refractivity contribution in [1.29, 1.82) is 0 Å². The molecule has 0 radical (unpaired) electrons. The Morgan fingerprint density at radius 3 is 3.25 bits per heavy atom. The molecule has 0 aliphatic carbocycles. The van der Waals surface area contributed by atoms with Crippen LogP contribution in [-0.2, 0) is 0 Å². The van der Waals surface area contributed by atoms with E-state index in [1.807, 2.05) is 18.2 Å². The van der Waals surface area contributed by atoms with Crippen LogP contribution in [0.25, 0.3) is 10.2 Å². The number of carbonyl (C=O) groups is 1. The van der Waals surface area contributed by atoms with Crippen LogP contribution in [0.15, 0.2) is 24.4 Å². The summed E-state index contributed by atoms with van der Waals surface area (Å²) in [4.78, 5) is 19.9. The normalized spacial score (nSPS) is 28.7. The zero-order valence-electron chi connectivity index (χ0n) is 11.2. The van der Waals surface area contributed by atoms with E-state index in [2.05, 4.69) is 15.2 Å². The third kappa shape index (κ3) is 2.21. The Balaban J connectivity index is 1.49. The molecule has 0 saturated carbocycles. The first-order valence-electron chi connectivity index (χ1n) is 7.16. The van der Waals surface area contributed by atoms with E-state index >= 15 is 0 Å². The zero-order chi connectivity index (χ0) is 13.5. The molecular formula is C15H17N3OS. The maximum Gasteiger partial charge on any atom is 0.261 e. The molecule has 2 aliphatic rings. The van der Waals surface area contributed by atoms with Crippen molar-refractivity contribution in [3.8, 4) is 0 Å². The van der Waals surface area contributed by atoms with E-state index in [0.29, 0.717) is 6.04 Å². The molecule has 2 aliphatic heterocycles. The third-order valence-electron chi connectivity index (χ3n) is 4.31. The van der Waals surface area contributed by atoms with Crippen molar-refractivity contribution in [2.45, 2.75) is 18.9 Å². The molecule has 2 fully saturated rings. The lowest BCUT2D eigenvalue weighted by atomic mass is 9.97. The lowest BCUT2D eigenvalue weighted by Crippen LogP contribution is -2.46. The number of nitrogens with one attached hydrogen (secondary N) is 1. The molecule has 1 N–H and O–H groups in total. The van der Waals surface area contributed by atoms with Gasteiger partial charge in [0.25, 0.3) is 5.91 Å². The van der Waals surface area contributed by atoms with Crippen molar-refractivity contribution in [2.75, 3.05) is 19.6 Å². The van der Waals surface area contributed by atoms with Crippen LogP contribution in [0.3, 0.4) is 0 Å². The minimum Gasteiger partial charge on any atom is -0.347 e. The second-order valence-corrected chi connectivity index (χ2v) is 6.90. The van der Waals surface area contributed by atoms with Crippen LogP contribution in [0.5, 0.6) is 0 Å². The molecule has 2 saturated heterocycles. The summed E-state index contributed by atoms with van der Waals surface area (Å²) in [6.45, 7) is 3.43. The highest BCUT2D eigenvalue weighted by molar-refractivity contribution is 7.20. The fourth-order valence-electron chi connectivity index (χ4n) is 3.40. The summed E-state index contributed by atoms with van der Waals surface area (Å²) in [6, 6.07) is 6.12. The molecule has 0 spiro atoms. The highest BCUT2D eigenvalue weighted by atomic mass is 32.1. The van der Waals surface area contributed by atoms with Gasteiger partial charge < -0.3 is 10.2 Å². The summed E-state index contributed by atoms with van der Waals surface area (Å²) in [5.74, 6) is 0.832. The number of rotatable bonds is 2. The molecule has 2 bridgehead atoms. The molecule has 20 heavy (non-hydrogen) atoms. The van der Waals surface area contributed by atoms with Crippen molar-refractivity contribution in [3.63, 3.8) is 0 Å². The van der Waals surface area contributed by atoms with Crippen molar-refractivity contribution in [1.82, 2.24) is 15.2 Å². The molecule has 1 unspecified atom stereocenters. The first kappa shape index (κ1) is 12.3. The Morgan fingerprint density at radius 2 is 2.40 bits per heavy atom. The van der Waals surface area contributed by atoms with Crippen molar-refractivity contribution >= 4 is 27.5 Å². The molecule has 1 amide bonds. The van der Waals surface area contributed by atoms with Crippen LogP contribution in [0.2, 0.25) is 0 Å². The van der Waals surface area contributed by atoms with E-state index in [9.17, 15) is 4.79 Å². The van der Waals surface area contributed by atoms with Gasteiger partial charge in [0.2, 0.25) is 0 Å². The average Bonchev–Trinajstić information content (AvgIpc) is 3.02. The van der Waals surface area contributed by atoms with E-state index in [4.69, 9.17) is 0 Å². The zero-order valence-corrected chi connectivity index (χ0v) is 12.0. The van der Waals surface area contributed by atoms with Gasteiger partial charge in [0, 0.05) is 25.3 Å². The van der Waals surface area contributed by atoms with Gasteiger partial charge in [-0.25, -0.2) is 0 Å². The fourth-order valence-corrected chi connectivity index (χ4v) is 4.32. The average molecular weight is 287 g/mol. The summed E-state index contributed by atoms with van der Waals surface area (Å²) in [5, 5.41) is 3.20. The minimum atomic E-state index is 0.0560. The second kappa shape index (κ2) is 4.82. The molecule has 4 nitrogen and oxygen atoms in total. The van der Waals surface area contributed by atoms with Gasteiger partial charge >= 0.3 is 0 Å². The van der Waals surface area contributed by atoms with E-state index in [-0.39, 0.29) is 5.91 Å². The number of nitrogens with zero attached hydrogens (tertiary/aromatic N) is 2. The van der Waals surface area contributed by atoms with Crippen LogP contribution in [0, 0.1) is 5.92 Å². The maximum atomic E-state index is 12.4. The highest BCUT2D eigenvalue weighted by Gasteiger charge is 2.33. The molecule has 0 aromatic carbocycles. The van der Waals surface area contributed by atoms with E-state index in [1.165, 1.54) is 30.8 Å². The Hall–Kier alpha value is -1.46. The SMILES string of the molecule is O=C(N[C@@H]1C[C@@H]2CCN(C2)C1)c1cc2ncccc2s1. The first-order valence-corrected chi connectivity index (χ1v) is 7.97. The lowest BCUT2D eigenvalue weighted by molar-refractivity contribution is 0.0913. The molecule has 3 atom stereocenters. The van der Waals surface area contributed by atoms with Crippen LogP contribution in [0.1, 0.15) is 22.5 Å². The number of carbonyl (C=O) groups excluding carboxylic acids is 1. The number of aromatic nitrogens is 1. The van der Waals surface area contributed by atoms with Crippen molar-refractivity contribution in [2.24, 2.45) is 5.92 Å². The highest BCUT2D eigenvalue weighted by Crippen LogP contribution is 2.28. The molecule has 5 heteroatoms. The molecule has 2 aromatic rings. The second-order valence-electron chi connectivity index (χ2n) is 5.82. The van der Waals surface area contributed by atoms with Crippen LogP contribution < -0.4 is 5.32 Å². The van der Waals surface area contributed by atoms with Crippen LogP contribution >= 0.6 is 11.3 Å². The van der Waals surface area contributed by atoms with Gasteiger partial charge in [0.1, 0.15) is 0 Å². The summed E-state index contributed by atoms with van der Waals surface area (Å²) >= 11 is 1.52. The van der Waals surface area contributed by atoms with Crippen molar-refractivity contribution in [3.05, 3.63) is 29.3 Å². The quantitative estimate of drug-likeness (QED) is 0.920. The molecule has 2 aromatic heterocycles. The molecule has 104 valence electrons. The van der Waals surface area contributed by atoms with Gasteiger partial charge in [-0.05, 0) is 43.5 Å². The van der Waals surface area contributed by atoms with Gasteiger partial charge in [0.15, 0.2) is 0 Å². The number of hydrogen-bond acceptors (Lipinski definition) is 4. The summed E-state index contributed by atoms with van der Waals surface area (Å²) in [7, 11) is 0.